The predicted octanol–water partition coefficient (Wildman–Crippen LogP) is 2.18. The number of carbonyl (C=O) groups is 1. The van der Waals surface area contributed by atoms with Gasteiger partial charge >= 0.3 is 5.97 Å². The second-order valence-corrected chi connectivity index (χ2v) is 7.67. The van der Waals surface area contributed by atoms with Crippen LogP contribution < -0.4 is 10.1 Å². The first kappa shape index (κ1) is 20.6. The van der Waals surface area contributed by atoms with E-state index in [1.54, 1.807) is 14.0 Å². The number of rotatable bonds is 6. The first-order valence-electron chi connectivity index (χ1n) is 10.0. The summed E-state index contributed by atoms with van der Waals surface area (Å²) in [6.45, 7) is 2.36. The lowest BCUT2D eigenvalue weighted by Gasteiger charge is -2.20. The van der Waals surface area contributed by atoms with Gasteiger partial charge in [-0.05, 0) is 24.6 Å². The second-order valence-electron chi connectivity index (χ2n) is 7.67. The molecule has 1 aromatic carbocycles. The van der Waals surface area contributed by atoms with E-state index in [1.807, 2.05) is 0 Å². The van der Waals surface area contributed by atoms with Crippen LogP contribution in [0.2, 0.25) is 0 Å². The molecule has 2 aliphatic rings. The van der Waals surface area contributed by atoms with Crippen LogP contribution in [-0.2, 0) is 14.2 Å². The molecule has 0 amide bonds. The van der Waals surface area contributed by atoms with Gasteiger partial charge in [-0.3, -0.25) is 0 Å². The lowest BCUT2D eigenvalue weighted by Crippen LogP contribution is -2.35. The zero-order valence-electron chi connectivity index (χ0n) is 17.3. The number of hydrogen-bond acceptors (Lipinski definition) is 8. The number of carboxylic acids is 1. The number of carboxylic acid groups (broad SMARTS) is 1. The number of aromatic nitrogens is 3. The van der Waals surface area contributed by atoms with Gasteiger partial charge in [-0.15, -0.1) is 0 Å². The Kier molecular flexibility index (Phi) is 5.16. The smallest absolute Gasteiger partial charge is 0.337 e. The van der Waals surface area contributed by atoms with Gasteiger partial charge in [-0.25, -0.2) is 18.7 Å². The number of fused-ring (bicyclic) bond motifs is 2. The fraction of sp³-hybridized carbons (Fsp3) is 0.381. The minimum absolute atomic E-state index is 0.115. The molecule has 32 heavy (non-hydrogen) atoms. The van der Waals surface area contributed by atoms with Gasteiger partial charge in [0.15, 0.2) is 11.9 Å². The summed E-state index contributed by atoms with van der Waals surface area (Å²) in [5.41, 5.74) is 1.56. The molecule has 0 bridgehead atoms. The highest BCUT2D eigenvalue weighted by Gasteiger charge is 2.49. The van der Waals surface area contributed by atoms with E-state index in [9.17, 15) is 14.3 Å². The number of halogens is 1. The van der Waals surface area contributed by atoms with Gasteiger partial charge < -0.3 is 29.4 Å². The summed E-state index contributed by atoms with van der Waals surface area (Å²) in [5.74, 6) is -0.920. The van der Waals surface area contributed by atoms with Gasteiger partial charge in [0, 0.05) is 19.4 Å². The highest BCUT2D eigenvalue weighted by Crippen LogP contribution is 2.36. The van der Waals surface area contributed by atoms with Crippen LogP contribution >= 0.6 is 0 Å². The molecule has 2 aliphatic heterocycles. The summed E-state index contributed by atoms with van der Waals surface area (Å²) in [5, 5.41) is 16.6. The van der Waals surface area contributed by atoms with Crippen molar-refractivity contribution in [3.8, 4) is 5.75 Å². The SMILES string of the molecule is COC1COC2C(Oc3cc(F)ccc3Nc3ncnn4cc(C(=O)O)c(C)c34)COC12. The van der Waals surface area contributed by atoms with Crippen molar-refractivity contribution in [2.45, 2.75) is 31.3 Å². The Morgan fingerprint density at radius 3 is 2.78 bits per heavy atom. The third kappa shape index (κ3) is 3.44. The number of hydrogen-bond donors (Lipinski definition) is 2. The van der Waals surface area contributed by atoms with Crippen molar-refractivity contribution < 1.29 is 33.2 Å². The topological polar surface area (TPSA) is 116 Å². The number of nitrogens with one attached hydrogen (secondary N) is 1. The Hall–Kier alpha value is -3.28. The van der Waals surface area contributed by atoms with Crippen molar-refractivity contribution >= 4 is 23.0 Å². The standard InChI is InChI=1S/C21H21FN4O6/c1-10-12(21(27)28)6-26-17(10)20(23-9-24-26)25-13-4-3-11(22)5-14(13)32-16-8-31-18-15(29-2)7-30-19(16)18/h3-6,9,15-16,18-19H,7-8H2,1-2H3,(H,27,28)(H,23,24,25). The van der Waals surface area contributed by atoms with Crippen molar-refractivity contribution in [3.05, 3.63) is 47.7 Å². The van der Waals surface area contributed by atoms with Crippen LogP contribution in [0.4, 0.5) is 15.9 Å². The van der Waals surface area contributed by atoms with E-state index in [1.165, 1.54) is 35.2 Å². The van der Waals surface area contributed by atoms with Crippen molar-refractivity contribution in [1.29, 1.82) is 0 Å². The number of nitrogens with zero attached hydrogens (tertiary/aromatic N) is 3. The number of benzene rings is 1. The second kappa shape index (κ2) is 8.01. The highest BCUT2D eigenvalue weighted by molar-refractivity contribution is 5.94. The molecule has 168 valence electrons. The quantitative estimate of drug-likeness (QED) is 0.590. The molecule has 5 rings (SSSR count). The first-order valence-corrected chi connectivity index (χ1v) is 10.0. The third-order valence-corrected chi connectivity index (χ3v) is 5.80. The normalized spacial score (nSPS) is 24.6. The van der Waals surface area contributed by atoms with Crippen molar-refractivity contribution in [2.75, 3.05) is 25.6 Å². The molecule has 11 heteroatoms. The zero-order chi connectivity index (χ0) is 22.4. The fourth-order valence-corrected chi connectivity index (χ4v) is 4.19. The predicted molar refractivity (Wildman–Crippen MR) is 109 cm³/mol. The molecular weight excluding hydrogens is 423 g/mol. The minimum atomic E-state index is -1.06. The minimum Gasteiger partial charge on any atom is -0.483 e. The Labute approximate surface area is 181 Å². The lowest BCUT2D eigenvalue weighted by molar-refractivity contribution is -0.0138. The van der Waals surface area contributed by atoms with E-state index >= 15 is 0 Å². The highest BCUT2D eigenvalue weighted by atomic mass is 19.1. The molecule has 0 spiro atoms. The molecule has 4 atom stereocenters. The van der Waals surface area contributed by atoms with Gasteiger partial charge in [-0.1, -0.05) is 0 Å². The zero-order valence-corrected chi connectivity index (χ0v) is 17.3. The molecule has 0 saturated carbocycles. The van der Waals surface area contributed by atoms with Gasteiger partial charge in [-0.2, -0.15) is 5.10 Å². The van der Waals surface area contributed by atoms with E-state index in [-0.39, 0.29) is 36.2 Å². The van der Waals surface area contributed by atoms with E-state index in [0.717, 1.165) is 0 Å². The van der Waals surface area contributed by atoms with E-state index in [0.29, 0.717) is 29.2 Å². The number of ether oxygens (including phenoxy) is 4. The average molecular weight is 444 g/mol. The summed E-state index contributed by atoms with van der Waals surface area (Å²) in [6, 6.07) is 4.09. The summed E-state index contributed by atoms with van der Waals surface area (Å²) in [7, 11) is 1.60. The monoisotopic (exact) mass is 444 g/mol. The maximum Gasteiger partial charge on any atom is 0.337 e. The molecule has 2 saturated heterocycles. The number of aryl methyl sites for hydroxylation is 1. The average Bonchev–Trinajstić information content (AvgIpc) is 3.45. The van der Waals surface area contributed by atoms with Gasteiger partial charge in [0.25, 0.3) is 0 Å². The first-order chi connectivity index (χ1) is 15.5. The molecule has 0 radical (unpaired) electrons. The van der Waals surface area contributed by atoms with E-state index < -0.39 is 17.9 Å². The third-order valence-electron chi connectivity index (χ3n) is 5.80. The lowest BCUT2D eigenvalue weighted by atomic mass is 10.1. The van der Waals surface area contributed by atoms with Crippen molar-refractivity contribution in [1.82, 2.24) is 14.6 Å². The molecule has 10 nitrogen and oxygen atoms in total. The van der Waals surface area contributed by atoms with Crippen LogP contribution in [0.3, 0.4) is 0 Å². The molecule has 2 aromatic heterocycles. The van der Waals surface area contributed by atoms with Crippen molar-refractivity contribution in [2.24, 2.45) is 0 Å². The molecular formula is C21H21FN4O6. The molecule has 0 aliphatic carbocycles. The molecule has 4 heterocycles. The van der Waals surface area contributed by atoms with Gasteiger partial charge in [0.2, 0.25) is 0 Å². The largest absolute Gasteiger partial charge is 0.483 e. The summed E-state index contributed by atoms with van der Waals surface area (Å²) in [6.07, 6.45) is 1.54. The maximum atomic E-state index is 14.1. The summed E-state index contributed by atoms with van der Waals surface area (Å²) < 4.78 is 38.6. The van der Waals surface area contributed by atoms with E-state index in [2.05, 4.69) is 15.4 Å². The molecule has 4 unspecified atom stereocenters. The summed E-state index contributed by atoms with van der Waals surface area (Å²) >= 11 is 0. The summed E-state index contributed by atoms with van der Waals surface area (Å²) in [4.78, 5) is 15.8. The maximum absolute atomic E-state index is 14.1. The Morgan fingerprint density at radius 2 is 2.03 bits per heavy atom. The molecule has 2 fully saturated rings. The van der Waals surface area contributed by atoms with Crippen LogP contribution in [-0.4, -0.2) is 70.4 Å². The Bertz CT molecular complexity index is 1180. The number of aromatic carboxylic acids is 1. The van der Waals surface area contributed by atoms with Crippen LogP contribution in [0.5, 0.6) is 5.75 Å². The molecule has 3 aromatic rings. The fourth-order valence-electron chi connectivity index (χ4n) is 4.19. The van der Waals surface area contributed by atoms with Crippen LogP contribution in [0, 0.1) is 12.7 Å². The Balaban J connectivity index is 1.46. The number of methoxy groups -OCH3 is 1. The van der Waals surface area contributed by atoms with Gasteiger partial charge in [0.1, 0.15) is 41.7 Å². The number of anilines is 2. The molecule has 2 N–H and O–H groups in total. The van der Waals surface area contributed by atoms with Crippen LogP contribution in [0.1, 0.15) is 15.9 Å². The van der Waals surface area contributed by atoms with Crippen LogP contribution in [0.15, 0.2) is 30.7 Å². The van der Waals surface area contributed by atoms with Crippen molar-refractivity contribution in [3.63, 3.8) is 0 Å². The van der Waals surface area contributed by atoms with E-state index in [4.69, 9.17) is 18.9 Å². The Morgan fingerprint density at radius 1 is 1.28 bits per heavy atom. The van der Waals surface area contributed by atoms with Crippen LogP contribution in [0.25, 0.3) is 5.52 Å². The van der Waals surface area contributed by atoms with Gasteiger partial charge in [0.05, 0.1) is 24.5 Å².